The number of carbonyl (C=O) groups is 1. The van der Waals surface area contributed by atoms with E-state index in [-0.39, 0.29) is 23.5 Å². The summed E-state index contributed by atoms with van der Waals surface area (Å²) >= 11 is 2.09. The smallest absolute Gasteiger partial charge is 0.287 e. The lowest BCUT2D eigenvalue weighted by Gasteiger charge is -2.46. The number of fused-ring (bicyclic) bond motifs is 2. The molecule has 0 unspecified atom stereocenters. The Kier molecular flexibility index (Phi) is 5.65. The summed E-state index contributed by atoms with van der Waals surface area (Å²) < 4.78 is 11.5. The minimum atomic E-state index is -0.184. The number of ether oxygens (including phenoxy) is 1. The van der Waals surface area contributed by atoms with E-state index in [9.17, 15) is 4.79 Å². The average Bonchev–Trinajstić information content (AvgIpc) is 3.42. The molecule has 1 aliphatic carbocycles. The van der Waals surface area contributed by atoms with Crippen molar-refractivity contribution in [3.63, 3.8) is 0 Å². The van der Waals surface area contributed by atoms with Gasteiger partial charge >= 0.3 is 0 Å². The molecule has 2 fully saturated rings. The van der Waals surface area contributed by atoms with Crippen LogP contribution in [0.2, 0.25) is 0 Å². The molecule has 6 heteroatoms. The zero-order valence-electron chi connectivity index (χ0n) is 17.5. The molecule has 1 spiro atoms. The van der Waals surface area contributed by atoms with Crippen LogP contribution < -0.4 is 5.32 Å². The third-order valence-corrected chi connectivity index (χ3v) is 8.41. The normalized spacial score (nSPS) is 26.6. The number of piperidine rings is 1. The summed E-state index contributed by atoms with van der Waals surface area (Å²) in [5.74, 6) is 2.73. The Balaban J connectivity index is 1.40. The van der Waals surface area contributed by atoms with Gasteiger partial charge in [0.1, 0.15) is 0 Å². The van der Waals surface area contributed by atoms with Gasteiger partial charge in [0, 0.05) is 18.6 Å². The van der Waals surface area contributed by atoms with Crippen molar-refractivity contribution in [2.45, 2.75) is 49.3 Å². The van der Waals surface area contributed by atoms with E-state index in [1.54, 1.807) is 19.2 Å². The van der Waals surface area contributed by atoms with Crippen LogP contribution >= 0.6 is 11.8 Å². The number of furan rings is 1. The fourth-order valence-electron chi connectivity index (χ4n) is 5.88. The quantitative estimate of drug-likeness (QED) is 0.801. The molecule has 2 atom stereocenters. The number of carbonyl (C=O) groups excluding carboxylic acids is 1. The third kappa shape index (κ3) is 3.39. The first-order valence-electron chi connectivity index (χ1n) is 11.0. The monoisotopic (exact) mass is 426 g/mol. The third-order valence-electron chi connectivity index (χ3n) is 7.36. The second-order valence-corrected chi connectivity index (χ2v) is 9.93. The Morgan fingerprint density at radius 1 is 1.17 bits per heavy atom. The minimum Gasteiger partial charge on any atom is -0.459 e. The lowest BCUT2D eigenvalue weighted by molar-refractivity contribution is -0.0178. The van der Waals surface area contributed by atoms with Crippen molar-refractivity contribution in [3.05, 3.63) is 59.5 Å². The van der Waals surface area contributed by atoms with Crippen LogP contribution in [-0.2, 0) is 10.2 Å². The Morgan fingerprint density at radius 2 is 1.93 bits per heavy atom. The van der Waals surface area contributed by atoms with Crippen LogP contribution in [0.3, 0.4) is 0 Å². The number of nitrogens with one attached hydrogen (secondary N) is 1. The molecule has 160 valence electrons. The van der Waals surface area contributed by atoms with E-state index in [4.69, 9.17) is 9.15 Å². The van der Waals surface area contributed by atoms with Crippen molar-refractivity contribution in [2.24, 2.45) is 0 Å². The van der Waals surface area contributed by atoms with E-state index in [0.717, 1.165) is 32.0 Å². The van der Waals surface area contributed by atoms with Crippen LogP contribution in [0.4, 0.5) is 0 Å². The summed E-state index contributed by atoms with van der Waals surface area (Å²) in [5, 5.41) is 3.21. The molecular weight excluding hydrogens is 396 g/mol. The van der Waals surface area contributed by atoms with Gasteiger partial charge in [0.25, 0.3) is 5.91 Å². The molecule has 0 bridgehead atoms. The molecule has 1 aromatic carbocycles. The fourth-order valence-corrected chi connectivity index (χ4v) is 6.97. The summed E-state index contributed by atoms with van der Waals surface area (Å²) in [6, 6.07) is 12.6. The fraction of sp³-hybridized carbons (Fsp3) is 0.542. The molecular formula is C24H30N2O3S. The molecule has 3 heterocycles. The largest absolute Gasteiger partial charge is 0.459 e. The van der Waals surface area contributed by atoms with Crippen molar-refractivity contribution >= 4 is 17.7 Å². The Morgan fingerprint density at radius 3 is 2.63 bits per heavy atom. The molecule has 30 heavy (non-hydrogen) atoms. The number of likely N-dealkylation sites (tertiary alicyclic amines) is 1. The van der Waals surface area contributed by atoms with Crippen molar-refractivity contribution in [1.29, 1.82) is 0 Å². The topological polar surface area (TPSA) is 54.7 Å². The molecule has 2 aromatic rings. The van der Waals surface area contributed by atoms with Crippen LogP contribution in [0.5, 0.6) is 0 Å². The van der Waals surface area contributed by atoms with Gasteiger partial charge in [0.15, 0.2) is 5.76 Å². The second kappa shape index (κ2) is 8.40. The number of hydrogen-bond donors (Lipinski definition) is 1. The molecule has 5 rings (SSSR count). The molecule has 1 aromatic heterocycles. The average molecular weight is 427 g/mol. The van der Waals surface area contributed by atoms with Crippen LogP contribution in [0, 0.1) is 0 Å². The summed E-state index contributed by atoms with van der Waals surface area (Å²) in [7, 11) is 1.79. The lowest BCUT2D eigenvalue weighted by Crippen LogP contribution is -2.53. The van der Waals surface area contributed by atoms with E-state index in [2.05, 4.69) is 46.2 Å². The van der Waals surface area contributed by atoms with Crippen LogP contribution in [0.25, 0.3) is 0 Å². The number of nitrogens with zero attached hydrogens (tertiary/aromatic N) is 1. The number of benzene rings is 1. The van der Waals surface area contributed by atoms with Gasteiger partial charge in [-0.2, -0.15) is 11.8 Å². The first-order chi connectivity index (χ1) is 14.7. The zero-order chi connectivity index (χ0) is 20.6. The molecule has 5 nitrogen and oxygen atoms in total. The van der Waals surface area contributed by atoms with Crippen molar-refractivity contribution in [3.8, 4) is 0 Å². The Bertz CT molecular complexity index is 870. The SMILES string of the molecule is CO[C@@H]1[C@@H](NC(=O)c2ccco2)c2ccccc2C12CCN(C1CCSCC1)CC2. The Labute approximate surface area is 182 Å². The highest BCUT2D eigenvalue weighted by Crippen LogP contribution is 2.52. The number of hydrogen-bond acceptors (Lipinski definition) is 5. The van der Waals surface area contributed by atoms with E-state index >= 15 is 0 Å². The maximum absolute atomic E-state index is 12.8. The molecule has 0 radical (unpaired) electrons. The summed E-state index contributed by atoms with van der Waals surface area (Å²) in [6.07, 6.45) is 6.22. The van der Waals surface area contributed by atoms with E-state index in [1.165, 1.54) is 41.7 Å². The summed E-state index contributed by atoms with van der Waals surface area (Å²) in [6.45, 7) is 2.20. The van der Waals surface area contributed by atoms with E-state index < -0.39 is 0 Å². The first-order valence-corrected chi connectivity index (χ1v) is 12.2. The van der Waals surface area contributed by atoms with Gasteiger partial charge in [-0.25, -0.2) is 0 Å². The number of thioether (sulfide) groups is 1. The number of amides is 1. The highest BCUT2D eigenvalue weighted by Gasteiger charge is 2.54. The van der Waals surface area contributed by atoms with Gasteiger partial charge in [0.2, 0.25) is 0 Å². The Hall–Kier alpha value is -1.76. The van der Waals surface area contributed by atoms with Crippen LogP contribution in [-0.4, -0.2) is 54.7 Å². The molecule has 0 saturated carbocycles. The van der Waals surface area contributed by atoms with Gasteiger partial charge in [-0.05, 0) is 73.5 Å². The maximum Gasteiger partial charge on any atom is 0.287 e. The van der Waals surface area contributed by atoms with Gasteiger partial charge in [-0.1, -0.05) is 24.3 Å². The van der Waals surface area contributed by atoms with Crippen LogP contribution in [0.1, 0.15) is 53.4 Å². The van der Waals surface area contributed by atoms with Gasteiger partial charge in [-0.15, -0.1) is 0 Å². The number of methoxy groups -OCH3 is 1. The van der Waals surface area contributed by atoms with Crippen LogP contribution in [0.15, 0.2) is 47.1 Å². The summed E-state index contributed by atoms with van der Waals surface area (Å²) in [4.78, 5) is 15.5. The van der Waals surface area contributed by atoms with E-state index in [1.807, 2.05) is 0 Å². The molecule has 2 saturated heterocycles. The predicted octanol–water partition coefficient (Wildman–Crippen LogP) is 4.01. The predicted molar refractivity (Wildman–Crippen MR) is 119 cm³/mol. The zero-order valence-corrected chi connectivity index (χ0v) is 18.3. The lowest BCUT2D eigenvalue weighted by atomic mass is 9.71. The highest BCUT2D eigenvalue weighted by molar-refractivity contribution is 7.99. The van der Waals surface area contributed by atoms with Crippen molar-refractivity contribution in [2.75, 3.05) is 31.7 Å². The summed E-state index contributed by atoms with van der Waals surface area (Å²) in [5.41, 5.74) is 2.49. The molecule has 2 aliphatic heterocycles. The molecule has 1 amide bonds. The standard InChI is InChI=1S/C24H30N2O3S/c1-28-22-21(25-23(27)20-7-4-14-29-20)18-5-2-3-6-19(18)24(22)10-12-26(13-11-24)17-8-15-30-16-9-17/h2-7,14,17,21-22H,8-13,15-16H2,1H3,(H,25,27)/t21-,22+/m0/s1. The number of rotatable bonds is 4. The maximum atomic E-state index is 12.8. The van der Waals surface area contributed by atoms with E-state index in [0.29, 0.717) is 5.76 Å². The molecule has 1 N–H and O–H groups in total. The molecule has 3 aliphatic rings. The first kappa shape index (κ1) is 20.2. The van der Waals surface area contributed by atoms with Gasteiger partial charge in [-0.3, -0.25) is 4.79 Å². The minimum absolute atomic E-state index is 0.0492. The van der Waals surface area contributed by atoms with Crippen molar-refractivity contribution in [1.82, 2.24) is 10.2 Å². The van der Waals surface area contributed by atoms with Gasteiger partial charge in [0.05, 0.1) is 18.4 Å². The second-order valence-electron chi connectivity index (χ2n) is 8.71. The van der Waals surface area contributed by atoms with Gasteiger partial charge < -0.3 is 19.4 Å². The van der Waals surface area contributed by atoms with Crippen molar-refractivity contribution < 1.29 is 13.9 Å². The highest BCUT2D eigenvalue weighted by atomic mass is 32.2.